The Labute approximate surface area is 160 Å². The number of ether oxygens (including phenoxy) is 1. The number of carbonyl (C=O) groups excluding carboxylic acids is 1. The summed E-state index contributed by atoms with van der Waals surface area (Å²) in [4.78, 5) is 27.1. The number of para-hydroxylation sites is 1. The minimum atomic E-state index is -0.642. The number of hydrogen-bond acceptors (Lipinski definition) is 6. The maximum atomic E-state index is 13.0. The van der Waals surface area contributed by atoms with E-state index in [1.165, 1.54) is 7.11 Å². The topological polar surface area (TPSA) is 72.9 Å². The van der Waals surface area contributed by atoms with Crippen molar-refractivity contribution in [2.45, 2.75) is 11.7 Å². The predicted octanol–water partition coefficient (Wildman–Crippen LogP) is 3.72. The van der Waals surface area contributed by atoms with Gasteiger partial charge in [-0.3, -0.25) is 4.79 Å². The van der Waals surface area contributed by atoms with Gasteiger partial charge in [0.2, 0.25) is 0 Å². The molecule has 140 valence electrons. The molecule has 6 nitrogen and oxygen atoms in total. The summed E-state index contributed by atoms with van der Waals surface area (Å²) >= 11 is 1.76. The molecule has 1 aliphatic heterocycles. The second kappa shape index (κ2) is 7.52. The van der Waals surface area contributed by atoms with Crippen molar-refractivity contribution in [2.75, 3.05) is 26.0 Å². The first-order chi connectivity index (χ1) is 13.2. The van der Waals surface area contributed by atoms with E-state index in [0.717, 1.165) is 17.9 Å². The average molecular weight is 385 g/mol. The van der Waals surface area contributed by atoms with E-state index in [-0.39, 0.29) is 16.7 Å². The molecule has 0 saturated carbocycles. The van der Waals surface area contributed by atoms with E-state index in [1.807, 2.05) is 12.1 Å². The van der Waals surface area contributed by atoms with Gasteiger partial charge in [0.1, 0.15) is 11.3 Å². The Morgan fingerprint density at radius 1 is 1.26 bits per heavy atom. The molecule has 1 aromatic carbocycles. The zero-order valence-corrected chi connectivity index (χ0v) is 15.7. The number of methoxy groups -OCH3 is 1. The third kappa shape index (κ3) is 3.47. The van der Waals surface area contributed by atoms with Crippen LogP contribution in [0.5, 0.6) is 5.75 Å². The molecule has 0 bridgehead atoms. The monoisotopic (exact) mass is 385 g/mol. The number of amides is 1. The molecule has 0 spiro atoms. The second-order valence-electron chi connectivity index (χ2n) is 6.28. The van der Waals surface area contributed by atoms with Gasteiger partial charge < -0.3 is 18.5 Å². The van der Waals surface area contributed by atoms with E-state index < -0.39 is 5.63 Å². The highest BCUT2D eigenvalue weighted by atomic mass is 32.2. The molecule has 1 saturated heterocycles. The minimum absolute atomic E-state index is 0.0530. The molecular formula is C20H19NO5S. The fourth-order valence-corrected chi connectivity index (χ4v) is 4.45. The van der Waals surface area contributed by atoms with Crippen molar-refractivity contribution in [3.05, 3.63) is 64.4 Å². The van der Waals surface area contributed by atoms with Gasteiger partial charge in [0.15, 0.2) is 11.3 Å². The van der Waals surface area contributed by atoms with Gasteiger partial charge in [-0.15, -0.1) is 11.8 Å². The third-order valence-electron chi connectivity index (χ3n) is 4.66. The molecule has 4 rings (SSSR count). The van der Waals surface area contributed by atoms with Crippen LogP contribution in [-0.4, -0.2) is 36.8 Å². The van der Waals surface area contributed by atoms with Crippen LogP contribution in [0.25, 0.3) is 11.0 Å². The number of benzene rings is 1. The minimum Gasteiger partial charge on any atom is -0.493 e. The Hall–Kier alpha value is -2.67. The van der Waals surface area contributed by atoms with Crippen LogP contribution >= 0.6 is 11.8 Å². The first-order valence-electron chi connectivity index (χ1n) is 8.72. The highest BCUT2D eigenvalue weighted by Gasteiger charge is 2.26. The van der Waals surface area contributed by atoms with Crippen LogP contribution in [0.1, 0.15) is 27.8 Å². The molecule has 3 heterocycles. The van der Waals surface area contributed by atoms with E-state index in [2.05, 4.69) is 0 Å². The molecule has 0 N–H and O–H groups in total. The van der Waals surface area contributed by atoms with Crippen LogP contribution in [0.4, 0.5) is 0 Å². The molecule has 1 aliphatic rings. The van der Waals surface area contributed by atoms with Gasteiger partial charge in [0.05, 0.1) is 18.6 Å². The zero-order chi connectivity index (χ0) is 18.8. The van der Waals surface area contributed by atoms with Gasteiger partial charge in [-0.25, -0.2) is 4.79 Å². The molecule has 0 radical (unpaired) electrons. The normalized spacial score (nSPS) is 17.7. The van der Waals surface area contributed by atoms with E-state index in [9.17, 15) is 9.59 Å². The lowest BCUT2D eigenvalue weighted by atomic mass is 10.1. The van der Waals surface area contributed by atoms with Crippen LogP contribution < -0.4 is 10.4 Å². The molecule has 1 amide bonds. The van der Waals surface area contributed by atoms with Crippen molar-refractivity contribution < 1.29 is 18.4 Å². The van der Waals surface area contributed by atoms with E-state index in [0.29, 0.717) is 29.8 Å². The van der Waals surface area contributed by atoms with Gasteiger partial charge >= 0.3 is 5.63 Å². The molecular weight excluding hydrogens is 366 g/mol. The molecule has 1 fully saturated rings. The molecule has 0 unspecified atom stereocenters. The summed E-state index contributed by atoms with van der Waals surface area (Å²) in [5, 5.41) is 0.880. The predicted molar refractivity (Wildman–Crippen MR) is 103 cm³/mol. The first kappa shape index (κ1) is 17.7. The fourth-order valence-electron chi connectivity index (χ4n) is 3.27. The summed E-state index contributed by atoms with van der Waals surface area (Å²) in [6, 6.07) is 10.7. The number of thioether (sulfide) groups is 1. The van der Waals surface area contributed by atoms with E-state index >= 15 is 0 Å². The van der Waals surface area contributed by atoms with Crippen molar-refractivity contribution in [1.29, 1.82) is 0 Å². The highest BCUT2D eigenvalue weighted by Crippen LogP contribution is 2.34. The van der Waals surface area contributed by atoms with Crippen LogP contribution in [0.3, 0.4) is 0 Å². The van der Waals surface area contributed by atoms with Gasteiger partial charge in [-0.05, 0) is 30.7 Å². The van der Waals surface area contributed by atoms with Crippen LogP contribution in [0.15, 0.2) is 56.3 Å². The van der Waals surface area contributed by atoms with Crippen molar-refractivity contribution in [3.63, 3.8) is 0 Å². The maximum absolute atomic E-state index is 13.0. The van der Waals surface area contributed by atoms with Crippen LogP contribution in [0.2, 0.25) is 0 Å². The Bertz CT molecular complexity index is 1010. The first-order valence-corrected chi connectivity index (χ1v) is 9.77. The Kier molecular flexibility index (Phi) is 4.94. The van der Waals surface area contributed by atoms with Crippen LogP contribution in [0, 0.1) is 0 Å². The largest absolute Gasteiger partial charge is 0.493 e. The molecule has 7 heteroatoms. The molecule has 1 atom stereocenters. The summed E-state index contributed by atoms with van der Waals surface area (Å²) in [5.74, 6) is 1.88. The number of rotatable bonds is 3. The second-order valence-corrected chi connectivity index (χ2v) is 7.59. The third-order valence-corrected chi connectivity index (χ3v) is 5.95. The lowest BCUT2D eigenvalue weighted by molar-refractivity contribution is 0.0762. The lowest BCUT2D eigenvalue weighted by Crippen LogP contribution is -2.35. The summed E-state index contributed by atoms with van der Waals surface area (Å²) in [7, 11) is 1.51. The van der Waals surface area contributed by atoms with Gasteiger partial charge in [-0.2, -0.15) is 0 Å². The number of furan rings is 1. The van der Waals surface area contributed by atoms with Crippen molar-refractivity contribution in [1.82, 2.24) is 4.90 Å². The average Bonchev–Trinajstić information content (AvgIpc) is 3.11. The van der Waals surface area contributed by atoms with Crippen LogP contribution in [-0.2, 0) is 0 Å². The highest BCUT2D eigenvalue weighted by molar-refractivity contribution is 7.99. The molecule has 3 aromatic rings. The van der Waals surface area contributed by atoms with Gasteiger partial charge in [0, 0.05) is 24.2 Å². The summed E-state index contributed by atoms with van der Waals surface area (Å²) in [6.45, 7) is 1.14. The summed E-state index contributed by atoms with van der Waals surface area (Å²) in [6.07, 6.45) is 2.44. The van der Waals surface area contributed by atoms with Gasteiger partial charge in [-0.1, -0.05) is 12.1 Å². The molecule has 27 heavy (non-hydrogen) atoms. The Balaban J connectivity index is 1.59. The zero-order valence-electron chi connectivity index (χ0n) is 14.8. The number of fused-ring (bicyclic) bond motifs is 1. The fraction of sp³-hybridized carbons (Fsp3) is 0.300. The van der Waals surface area contributed by atoms with Crippen molar-refractivity contribution in [3.8, 4) is 5.75 Å². The Morgan fingerprint density at radius 2 is 2.15 bits per heavy atom. The quantitative estimate of drug-likeness (QED) is 0.640. The van der Waals surface area contributed by atoms with Crippen molar-refractivity contribution >= 4 is 28.6 Å². The smallest absolute Gasteiger partial charge is 0.349 e. The van der Waals surface area contributed by atoms with Gasteiger partial charge in [0.25, 0.3) is 5.91 Å². The number of carbonyl (C=O) groups is 1. The lowest BCUT2D eigenvalue weighted by Gasteiger charge is -2.19. The SMILES string of the molecule is COc1cccc2cc(C(=O)N3CCS[C@H](c4ccco4)CC3)c(=O)oc12. The standard InChI is InChI=1S/C20H19NO5S/c1-24-16-5-2-4-13-12-14(20(23)26-18(13)16)19(22)21-8-7-17(27-11-9-21)15-6-3-10-25-15/h2-6,10,12,17H,7-9,11H2,1H3/t17-/m0/s1. The maximum Gasteiger partial charge on any atom is 0.349 e. The van der Waals surface area contributed by atoms with E-state index in [1.54, 1.807) is 47.2 Å². The summed E-state index contributed by atoms with van der Waals surface area (Å²) in [5.41, 5.74) is -0.237. The Morgan fingerprint density at radius 3 is 2.93 bits per heavy atom. The number of nitrogens with zero attached hydrogens (tertiary/aromatic N) is 1. The van der Waals surface area contributed by atoms with Crippen molar-refractivity contribution in [2.24, 2.45) is 0 Å². The molecule has 2 aromatic heterocycles. The van der Waals surface area contributed by atoms with E-state index in [4.69, 9.17) is 13.6 Å². The number of hydrogen-bond donors (Lipinski definition) is 0. The molecule has 0 aliphatic carbocycles. The summed E-state index contributed by atoms with van der Waals surface area (Å²) < 4.78 is 16.1.